The number of nitrogens with one attached hydrogen (secondary N) is 1. The molecule has 4 N–H and O–H groups in total. The molecule has 5 rings (SSSR count). The summed E-state index contributed by atoms with van der Waals surface area (Å²) < 4.78 is 21.4. The molecule has 0 saturated carbocycles. The molecule has 11 nitrogen and oxygen atoms in total. The number of aliphatic hydroxyl groups excluding tert-OH is 1. The van der Waals surface area contributed by atoms with Crippen LogP contribution in [0.3, 0.4) is 0 Å². The van der Waals surface area contributed by atoms with Gasteiger partial charge in [-0.15, -0.1) is 5.10 Å². The average molecular weight is 441 g/mol. The first-order chi connectivity index (χ1) is 15.6. The number of nitrogens with two attached hydrogens (primary N) is 1. The zero-order valence-electron chi connectivity index (χ0n) is 17.4. The second-order valence-electron chi connectivity index (χ2n) is 7.72. The molecule has 168 valence electrons. The predicted molar refractivity (Wildman–Crippen MR) is 117 cm³/mol. The lowest BCUT2D eigenvalue weighted by Crippen LogP contribution is -2.36. The molecule has 3 aromatic rings. The van der Waals surface area contributed by atoms with Gasteiger partial charge in [0.2, 0.25) is 11.9 Å². The van der Waals surface area contributed by atoms with Crippen LogP contribution in [0.4, 0.5) is 33.5 Å². The highest BCUT2D eigenvalue weighted by Gasteiger charge is 2.22. The van der Waals surface area contributed by atoms with Gasteiger partial charge in [0, 0.05) is 37.9 Å². The molecule has 0 spiro atoms. The lowest BCUT2D eigenvalue weighted by molar-refractivity contribution is 0.122. The van der Waals surface area contributed by atoms with Gasteiger partial charge in [0.25, 0.3) is 0 Å². The van der Waals surface area contributed by atoms with Crippen molar-refractivity contribution >= 4 is 29.1 Å². The second kappa shape index (κ2) is 8.55. The normalized spacial score (nSPS) is 18.9. The molecule has 2 fully saturated rings. The topological polar surface area (TPSA) is 130 Å². The molecule has 4 heterocycles. The highest BCUT2D eigenvalue weighted by atomic mass is 19.1. The minimum Gasteiger partial charge on any atom is -0.391 e. The summed E-state index contributed by atoms with van der Waals surface area (Å²) in [5, 5.41) is 17.0. The molecule has 0 bridgehead atoms. The number of rotatable bonds is 5. The largest absolute Gasteiger partial charge is 0.391 e. The van der Waals surface area contributed by atoms with Gasteiger partial charge in [-0.3, -0.25) is 0 Å². The summed E-state index contributed by atoms with van der Waals surface area (Å²) in [6, 6.07) is 6.70. The average Bonchev–Trinajstić information content (AvgIpc) is 3.41. The summed E-state index contributed by atoms with van der Waals surface area (Å²) >= 11 is 0. The standard InChI is InChI=1S/C20H24FN9O2/c21-15-9-13(28-5-7-32-8-6-28)1-2-16(15)25-20-26-19(22)30(27-20)18-10-17(23-12-24-18)29-4-3-14(31)11-29/h1-2,9-10,12,14,31H,3-8,11H2,(H3,22,25,26,27)/t14-/m1/s1. The van der Waals surface area contributed by atoms with E-state index in [1.165, 1.54) is 17.1 Å². The number of anilines is 5. The Morgan fingerprint density at radius 1 is 1.09 bits per heavy atom. The van der Waals surface area contributed by atoms with Crippen molar-refractivity contribution in [1.29, 1.82) is 0 Å². The Balaban J connectivity index is 1.34. The first kappa shape index (κ1) is 20.4. The Morgan fingerprint density at radius 2 is 1.91 bits per heavy atom. The smallest absolute Gasteiger partial charge is 0.248 e. The van der Waals surface area contributed by atoms with Gasteiger partial charge >= 0.3 is 0 Å². The minimum atomic E-state index is -0.416. The fourth-order valence-corrected chi connectivity index (χ4v) is 3.87. The zero-order chi connectivity index (χ0) is 22.1. The molecule has 2 aliphatic heterocycles. The zero-order valence-corrected chi connectivity index (χ0v) is 17.4. The van der Waals surface area contributed by atoms with E-state index in [9.17, 15) is 9.50 Å². The monoisotopic (exact) mass is 441 g/mol. The molecular formula is C20H24FN9O2. The van der Waals surface area contributed by atoms with Crippen LogP contribution in [0.5, 0.6) is 0 Å². The molecule has 2 aromatic heterocycles. The van der Waals surface area contributed by atoms with E-state index in [2.05, 4.69) is 30.3 Å². The van der Waals surface area contributed by atoms with E-state index >= 15 is 0 Å². The van der Waals surface area contributed by atoms with E-state index < -0.39 is 5.82 Å². The van der Waals surface area contributed by atoms with E-state index in [0.29, 0.717) is 44.4 Å². The van der Waals surface area contributed by atoms with Crippen molar-refractivity contribution in [3.05, 3.63) is 36.4 Å². The maximum atomic E-state index is 14.7. The van der Waals surface area contributed by atoms with Crippen LogP contribution in [-0.2, 0) is 4.74 Å². The summed E-state index contributed by atoms with van der Waals surface area (Å²) in [6.45, 7) is 3.93. The first-order valence-electron chi connectivity index (χ1n) is 10.4. The van der Waals surface area contributed by atoms with E-state index in [-0.39, 0.29) is 23.7 Å². The maximum absolute atomic E-state index is 14.7. The number of nitrogen functional groups attached to an aromatic ring is 1. The molecule has 12 heteroatoms. The molecule has 0 unspecified atom stereocenters. The highest BCUT2D eigenvalue weighted by Crippen LogP contribution is 2.26. The molecular weight excluding hydrogens is 417 g/mol. The Hall–Kier alpha value is -3.51. The van der Waals surface area contributed by atoms with Crippen LogP contribution in [0.15, 0.2) is 30.6 Å². The number of nitrogens with zero attached hydrogens (tertiary/aromatic N) is 7. The molecule has 32 heavy (non-hydrogen) atoms. The number of hydrogen-bond acceptors (Lipinski definition) is 10. The van der Waals surface area contributed by atoms with Crippen LogP contribution < -0.4 is 20.9 Å². The minimum absolute atomic E-state index is 0.101. The number of benzene rings is 1. The third-order valence-electron chi connectivity index (χ3n) is 5.55. The lowest BCUT2D eigenvalue weighted by Gasteiger charge is -2.29. The van der Waals surface area contributed by atoms with Gasteiger partial charge in [0.1, 0.15) is 18.0 Å². The van der Waals surface area contributed by atoms with E-state index in [4.69, 9.17) is 10.5 Å². The van der Waals surface area contributed by atoms with Gasteiger partial charge in [-0.1, -0.05) is 0 Å². The number of ether oxygens (including phenoxy) is 1. The van der Waals surface area contributed by atoms with Crippen LogP contribution >= 0.6 is 0 Å². The summed E-state index contributed by atoms with van der Waals surface area (Å²) in [5.74, 6) is 0.931. The Labute approximate surface area is 183 Å². The van der Waals surface area contributed by atoms with Crippen molar-refractivity contribution in [2.75, 3.05) is 60.2 Å². The number of β-amino-alcohol motifs (C(OH)–C–C–N with tert-alkyl or cyclic N) is 1. The molecule has 1 aromatic carbocycles. The van der Waals surface area contributed by atoms with Gasteiger partial charge in [0.15, 0.2) is 5.82 Å². The van der Waals surface area contributed by atoms with Crippen LogP contribution in [0, 0.1) is 5.82 Å². The first-order valence-corrected chi connectivity index (χ1v) is 10.4. The Bertz CT molecular complexity index is 1100. The molecule has 2 aliphatic rings. The molecule has 2 saturated heterocycles. The van der Waals surface area contributed by atoms with Crippen molar-refractivity contribution in [2.45, 2.75) is 12.5 Å². The third kappa shape index (κ3) is 4.14. The second-order valence-corrected chi connectivity index (χ2v) is 7.72. The number of morpholine rings is 1. The van der Waals surface area contributed by atoms with Gasteiger partial charge < -0.3 is 30.7 Å². The van der Waals surface area contributed by atoms with Crippen LogP contribution in [0.25, 0.3) is 5.82 Å². The van der Waals surface area contributed by atoms with Crippen molar-refractivity contribution < 1.29 is 14.2 Å². The molecule has 0 radical (unpaired) electrons. The van der Waals surface area contributed by atoms with Gasteiger partial charge in [0.05, 0.1) is 25.0 Å². The predicted octanol–water partition coefficient (Wildman–Crippen LogP) is 0.930. The van der Waals surface area contributed by atoms with Crippen LogP contribution in [-0.4, -0.2) is 75.3 Å². The molecule has 0 amide bonds. The van der Waals surface area contributed by atoms with E-state index in [1.54, 1.807) is 12.1 Å². The molecule has 1 atom stereocenters. The fraction of sp³-hybridized carbons (Fsp3) is 0.400. The number of aliphatic hydroxyl groups is 1. The van der Waals surface area contributed by atoms with Crippen LogP contribution in [0.1, 0.15) is 6.42 Å². The Morgan fingerprint density at radius 3 is 2.66 bits per heavy atom. The summed E-state index contributed by atoms with van der Waals surface area (Å²) in [7, 11) is 0. The maximum Gasteiger partial charge on any atom is 0.248 e. The van der Waals surface area contributed by atoms with E-state index in [0.717, 1.165) is 18.8 Å². The van der Waals surface area contributed by atoms with Gasteiger partial charge in [-0.2, -0.15) is 9.67 Å². The highest BCUT2D eigenvalue weighted by molar-refractivity contribution is 5.61. The summed E-state index contributed by atoms with van der Waals surface area (Å²) in [4.78, 5) is 16.7. The van der Waals surface area contributed by atoms with Crippen molar-refractivity contribution in [3.8, 4) is 5.82 Å². The Kier molecular flexibility index (Phi) is 5.45. The van der Waals surface area contributed by atoms with Crippen molar-refractivity contribution in [3.63, 3.8) is 0 Å². The number of hydrogen-bond donors (Lipinski definition) is 3. The van der Waals surface area contributed by atoms with Crippen molar-refractivity contribution in [2.24, 2.45) is 0 Å². The fourth-order valence-electron chi connectivity index (χ4n) is 3.87. The van der Waals surface area contributed by atoms with Crippen molar-refractivity contribution in [1.82, 2.24) is 24.7 Å². The lowest BCUT2D eigenvalue weighted by atomic mass is 10.2. The van der Waals surface area contributed by atoms with E-state index in [1.807, 2.05) is 11.0 Å². The third-order valence-corrected chi connectivity index (χ3v) is 5.55. The summed E-state index contributed by atoms with van der Waals surface area (Å²) in [6.07, 6.45) is 1.73. The van der Waals surface area contributed by atoms with Gasteiger partial charge in [-0.25, -0.2) is 14.4 Å². The van der Waals surface area contributed by atoms with Crippen LogP contribution in [0.2, 0.25) is 0 Å². The molecule has 0 aliphatic carbocycles. The summed E-state index contributed by atoms with van der Waals surface area (Å²) in [5.41, 5.74) is 7.08. The SMILES string of the molecule is Nc1nc(Nc2ccc(N3CCOCC3)cc2F)nn1-c1cc(N2CC[C@@H](O)C2)ncn1. The number of aromatic nitrogens is 5. The number of halogens is 1. The van der Waals surface area contributed by atoms with Gasteiger partial charge in [-0.05, 0) is 24.6 Å². The quantitative estimate of drug-likeness (QED) is 0.525.